The van der Waals surface area contributed by atoms with E-state index in [0.717, 1.165) is 60.6 Å². The minimum atomic E-state index is -0.181. The second kappa shape index (κ2) is 10.1. The summed E-state index contributed by atoms with van der Waals surface area (Å²) < 4.78 is 7.91. The number of amides is 1. The minimum Gasteiger partial charge on any atom is -0.379 e. The Kier molecular flexibility index (Phi) is 7.21. The highest BCUT2D eigenvalue weighted by atomic mass is 32.1. The molecule has 8 nitrogen and oxygen atoms in total. The van der Waals surface area contributed by atoms with Crippen molar-refractivity contribution < 1.29 is 9.53 Å². The summed E-state index contributed by atoms with van der Waals surface area (Å²) in [5.74, 6) is -0.155. The van der Waals surface area contributed by atoms with Crippen molar-refractivity contribution in [1.29, 1.82) is 0 Å². The Morgan fingerprint density at radius 1 is 1.18 bits per heavy atom. The van der Waals surface area contributed by atoms with E-state index in [0.29, 0.717) is 22.9 Å². The average Bonchev–Trinajstić information content (AvgIpc) is 3.21. The number of benzene rings is 1. The van der Waals surface area contributed by atoms with Gasteiger partial charge in [0.05, 0.1) is 29.8 Å². The zero-order valence-corrected chi connectivity index (χ0v) is 20.6. The molecule has 0 N–H and O–H groups in total. The van der Waals surface area contributed by atoms with Gasteiger partial charge in [-0.1, -0.05) is 17.4 Å². The summed E-state index contributed by atoms with van der Waals surface area (Å²) in [5.41, 5.74) is 4.28. The number of aryl methyl sites for hydroxylation is 3. The number of morpholine rings is 1. The van der Waals surface area contributed by atoms with Gasteiger partial charge in [-0.2, -0.15) is 0 Å². The Morgan fingerprint density at radius 2 is 1.94 bits per heavy atom. The van der Waals surface area contributed by atoms with Crippen LogP contribution in [0.2, 0.25) is 0 Å². The fourth-order valence-electron chi connectivity index (χ4n) is 4.10. The van der Waals surface area contributed by atoms with E-state index in [-0.39, 0.29) is 18.0 Å². The third-order valence-electron chi connectivity index (χ3n) is 6.12. The monoisotopic (exact) mass is 469 g/mol. The quantitative estimate of drug-likeness (QED) is 0.529. The molecule has 1 amide bonds. The molecular formula is C24H31N5O3S. The van der Waals surface area contributed by atoms with Crippen LogP contribution in [0.25, 0.3) is 10.2 Å². The van der Waals surface area contributed by atoms with Crippen LogP contribution in [0.5, 0.6) is 0 Å². The first-order valence-electron chi connectivity index (χ1n) is 11.3. The summed E-state index contributed by atoms with van der Waals surface area (Å²) in [5, 5.41) is 0.676. The second-order valence-electron chi connectivity index (χ2n) is 8.67. The summed E-state index contributed by atoms with van der Waals surface area (Å²) in [7, 11) is 0. The first kappa shape index (κ1) is 23.5. The van der Waals surface area contributed by atoms with E-state index in [2.05, 4.69) is 35.9 Å². The fourth-order valence-corrected chi connectivity index (χ4v) is 5.16. The van der Waals surface area contributed by atoms with Crippen molar-refractivity contribution in [2.24, 2.45) is 0 Å². The SMILES string of the molecule is Cc1cc(C)c2sc(N(CCCN3CCOCC3)C(=O)Cn3cnc(C)c(C)c3=O)nc2c1. The number of thiazole rings is 1. The molecule has 3 aromatic rings. The average molecular weight is 470 g/mol. The number of rotatable bonds is 7. The number of hydrogen-bond donors (Lipinski definition) is 0. The van der Waals surface area contributed by atoms with Crippen LogP contribution in [-0.4, -0.2) is 64.7 Å². The van der Waals surface area contributed by atoms with Gasteiger partial charge in [0.2, 0.25) is 5.91 Å². The molecule has 1 aliphatic rings. The number of hydrogen-bond acceptors (Lipinski definition) is 7. The summed E-state index contributed by atoms with van der Waals surface area (Å²) in [6.45, 7) is 12.4. The van der Waals surface area contributed by atoms with Gasteiger partial charge < -0.3 is 4.74 Å². The van der Waals surface area contributed by atoms with Gasteiger partial charge in [-0.05, 0) is 51.3 Å². The molecule has 1 aliphatic heterocycles. The molecule has 0 saturated carbocycles. The third-order valence-corrected chi connectivity index (χ3v) is 7.35. The van der Waals surface area contributed by atoms with Gasteiger partial charge in [0.25, 0.3) is 5.56 Å². The predicted molar refractivity (Wildman–Crippen MR) is 131 cm³/mol. The highest BCUT2D eigenvalue weighted by molar-refractivity contribution is 7.22. The van der Waals surface area contributed by atoms with E-state index in [9.17, 15) is 9.59 Å². The van der Waals surface area contributed by atoms with Crippen molar-refractivity contribution in [3.05, 3.63) is 51.2 Å². The standard InChI is InChI=1S/C24H31N5O3S/c1-16-12-17(2)22-20(13-16)26-24(33-22)29(7-5-6-27-8-10-32-11-9-27)21(30)14-28-15-25-19(4)18(3)23(28)31/h12-13,15H,5-11,14H2,1-4H3. The topological polar surface area (TPSA) is 80.6 Å². The highest BCUT2D eigenvalue weighted by Gasteiger charge is 2.22. The molecule has 0 unspecified atom stereocenters. The molecule has 176 valence electrons. The van der Waals surface area contributed by atoms with Crippen molar-refractivity contribution >= 4 is 32.6 Å². The van der Waals surface area contributed by atoms with E-state index in [1.807, 2.05) is 0 Å². The summed E-state index contributed by atoms with van der Waals surface area (Å²) in [6, 6.07) is 4.19. The van der Waals surface area contributed by atoms with E-state index in [1.165, 1.54) is 22.2 Å². The Hall–Kier alpha value is -2.62. The number of fused-ring (bicyclic) bond motifs is 1. The molecule has 1 saturated heterocycles. The van der Waals surface area contributed by atoms with E-state index >= 15 is 0 Å². The number of carbonyl (C=O) groups excluding carboxylic acids is 1. The van der Waals surface area contributed by atoms with Crippen molar-refractivity contribution in [2.75, 3.05) is 44.3 Å². The normalized spacial score (nSPS) is 14.7. The Bertz CT molecular complexity index is 1210. The smallest absolute Gasteiger partial charge is 0.256 e. The van der Waals surface area contributed by atoms with Crippen LogP contribution in [0.1, 0.15) is 28.8 Å². The van der Waals surface area contributed by atoms with Crippen LogP contribution < -0.4 is 10.5 Å². The highest BCUT2D eigenvalue weighted by Crippen LogP contribution is 2.32. The predicted octanol–water partition coefficient (Wildman–Crippen LogP) is 2.84. The van der Waals surface area contributed by atoms with E-state index in [4.69, 9.17) is 9.72 Å². The number of carbonyl (C=O) groups is 1. The third kappa shape index (κ3) is 5.31. The molecule has 0 bridgehead atoms. The lowest BCUT2D eigenvalue weighted by Gasteiger charge is -2.27. The molecule has 1 aromatic carbocycles. The van der Waals surface area contributed by atoms with Crippen LogP contribution in [0.3, 0.4) is 0 Å². The molecule has 0 spiro atoms. The Morgan fingerprint density at radius 3 is 2.70 bits per heavy atom. The number of nitrogens with zero attached hydrogens (tertiary/aromatic N) is 5. The van der Waals surface area contributed by atoms with Crippen LogP contribution in [0.15, 0.2) is 23.3 Å². The first-order chi connectivity index (χ1) is 15.8. The zero-order chi connectivity index (χ0) is 23.5. The Labute approximate surface area is 197 Å². The van der Waals surface area contributed by atoms with Gasteiger partial charge >= 0.3 is 0 Å². The van der Waals surface area contributed by atoms with Gasteiger partial charge in [-0.15, -0.1) is 0 Å². The molecule has 0 aliphatic carbocycles. The molecule has 2 aromatic heterocycles. The fraction of sp³-hybridized carbons (Fsp3) is 0.500. The molecule has 3 heterocycles. The molecule has 1 fully saturated rings. The summed E-state index contributed by atoms with van der Waals surface area (Å²) >= 11 is 1.53. The van der Waals surface area contributed by atoms with Crippen molar-refractivity contribution in [3.63, 3.8) is 0 Å². The lowest BCUT2D eigenvalue weighted by molar-refractivity contribution is -0.119. The van der Waals surface area contributed by atoms with Gasteiger partial charge in [0, 0.05) is 37.4 Å². The van der Waals surface area contributed by atoms with Crippen LogP contribution >= 0.6 is 11.3 Å². The van der Waals surface area contributed by atoms with E-state index in [1.54, 1.807) is 18.7 Å². The summed E-state index contributed by atoms with van der Waals surface area (Å²) in [4.78, 5) is 39.3. The van der Waals surface area contributed by atoms with Gasteiger partial charge in [0.15, 0.2) is 5.13 Å². The lowest BCUT2D eigenvalue weighted by atomic mass is 10.1. The zero-order valence-electron chi connectivity index (χ0n) is 19.8. The van der Waals surface area contributed by atoms with Crippen molar-refractivity contribution in [2.45, 2.75) is 40.7 Å². The Balaban J connectivity index is 1.59. The maximum absolute atomic E-state index is 13.4. The molecule has 0 radical (unpaired) electrons. The molecule has 33 heavy (non-hydrogen) atoms. The minimum absolute atomic E-state index is 0.0571. The van der Waals surface area contributed by atoms with Crippen LogP contribution in [0, 0.1) is 27.7 Å². The van der Waals surface area contributed by atoms with Gasteiger partial charge in [-0.25, -0.2) is 9.97 Å². The van der Waals surface area contributed by atoms with Gasteiger partial charge in [-0.3, -0.25) is 24.0 Å². The van der Waals surface area contributed by atoms with Crippen molar-refractivity contribution in [3.8, 4) is 0 Å². The van der Waals surface area contributed by atoms with Crippen molar-refractivity contribution in [1.82, 2.24) is 19.4 Å². The largest absolute Gasteiger partial charge is 0.379 e. The molecule has 4 rings (SSSR count). The number of aromatic nitrogens is 3. The second-order valence-corrected chi connectivity index (χ2v) is 9.65. The first-order valence-corrected chi connectivity index (χ1v) is 12.2. The summed E-state index contributed by atoms with van der Waals surface area (Å²) in [6.07, 6.45) is 2.28. The molecule has 0 atom stereocenters. The molecule has 9 heteroatoms. The molecular weight excluding hydrogens is 438 g/mol. The van der Waals surface area contributed by atoms with E-state index < -0.39 is 0 Å². The van der Waals surface area contributed by atoms with Crippen LogP contribution in [0.4, 0.5) is 5.13 Å². The maximum atomic E-state index is 13.4. The lowest BCUT2D eigenvalue weighted by Crippen LogP contribution is -2.41. The number of anilines is 1. The maximum Gasteiger partial charge on any atom is 0.256 e. The van der Waals surface area contributed by atoms with Crippen LogP contribution in [-0.2, 0) is 16.1 Å². The number of ether oxygens (including phenoxy) is 1. The van der Waals surface area contributed by atoms with Gasteiger partial charge in [0.1, 0.15) is 6.54 Å².